The molecule has 0 fully saturated rings. The van der Waals surface area contributed by atoms with Crippen molar-refractivity contribution in [2.45, 2.75) is 20.3 Å². The molecule has 0 saturated heterocycles. The minimum absolute atomic E-state index is 0.178. The summed E-state index contributed by atoms with van der Waals surface area (Å²) in [6, 6.07) is 5.78. The molecule has 0 bridgehead atoms. The molecule has 0 radical (unpaired) electrons. The van der Waals surface area contributed by atoms with Gasteiger partial charge in [0.2, 0.25) is 0 Å². The van der Waals surface area contributed by atoms with Gasteiger partial charge in [0.05, 0.1) is 12.2 Å². The summed E-state index contributed by atoms with van der Waals surface area (Å²) < 4.78 is 5.69. The number of Topliss-reactive ketones (excluding diaryl/α,β-unsaturated/α-hetero) is 1. The maximum atomic E-state index is 12.1. The number of rotatable bonds is 6. The van der Waals surface area contributed by atoms with Crippen molar-refractivity contribution in [3.63, 3.8) is 0 Å². The number of hydrogen-bond acceptors (Lipinski definition) is 4. The Morgan fingerprint density at radius 1 is 1.45 bits per heavy atom. The second kappa shape index (κ2) is 6.75. The van der Waals surface area contributed by atoms with Crippen LogP contribution < -0.4 is 15.0 Å². The van der Waals surface area contributed by atoms with Gasteiger partial charge in [-0.15, -0.1) is 0 Å². The van der Waals surface area contributed by atoms with Crippen molar-refractivity contribution in [3.05, 3.63) is 23.8 Å². The lowest BCUT2D eigenvalue weighted by molar-refractivity contribution is 0.0983. The first-order valence-corrected chi connectivity index (χ1v) is 7.31. The van der Waals surface area contributed by atoms with Crippen LogP contribution in [0.3, 0.4) is 0 Å². The number of nitrogens with one attached hydrogen (secondary N) is 1. The quantitative estimate of drug-likeness (QED) is 0.810. The lowest BCUT2D eigenvalue weighted by atomic mass is 10.0. The molecule has 0 saturated carbocycles. The number of benzene rings is 1. The van der Waals surface area contributed by atoms with Gasteiger partial charge in [0.1, 0.15) is 12.4 Å². The van der Waals surface area contributed by atoms with Gasteiger partial charge < -0.3 is 15.0 Å². The van der Waals surface area contributed by atoms with Crippen LogP contribution in [0.15, 0.2) is 18.2 Å². The first kappa shape index (κ1) is 14.9. The highest BCUT2D eigenvalue weighted by atomic mass is 16.5. The fourth-order valence-electron chi connectivity index (χ4n) is 2.46. The Morgan fingerprint density at radius 2 is 2.25 bits per heavy atom. The molecule has 0 amide bonds. The van der Waals surface area contributed by atoms with Crippen LogP contribution in [0.2, 0.25) is 0 Å². The molecular weight excluding hydrogens is 252 g/mol. The topological polar surface area (TPSA) is 41.6 Å². The van der Waals surface area contributed by atoms with Crippen molar-refractivity contribution in [2.24, 2.45) is 5.92 Å². The summed E-state index contributed by atoms with van der Waals surface area (Å²) in [6.45, 7) is 7.72. The van der Waals surface area contributed by atoms with Crippen molar-refractivity contribution in [1.82, 2.24) is 5.32 Å². The van der Waals surface area contributed by atoms with Gasteiger partial charge >= 0.3 is 0 Å². The molecule has 0 spiro atoms. The first-order valence-electron chi connectivity index (χ1n) is 7.31. The molecule has 2 rings (SSSR count). The lowest BCUT2D eigenvalue weighted by Crippen LogP contribution is -2.35. The number of carbonyl (C=O) groups is 1. The average molecular weight is 276 g/mol. The fourth-order valence-corrected chi connectivity index (χ4v) is 2.46. The summed E-state index contributed by atoms with van der Waals surface area (Å²) in [5.41, 5.74) is 1.83. The third-order valence-corrected chi connectivity index (χ3v) is 3.43. The fraction of sp³-hybridized carbons (Fsp3) is 0.562. The summed E-state index contributed by atoms with van der Waals surface area (Å²) in [5.74, 6) is 1.66. The van der Waals surface area contributed by atoms with E-state index in [2.05, 4.69) is 24.1 Å². The van der Waals surface area contributed by atoms with Crippen molar-refractivity contribution >= 4 is 11.5 Å². The number of hydrogen-bond donors (Lipinski definition) is 1. The molecule has 0 atom stereocenters. The van der Waals surface area contributed by atoms with Crippen LogP contribution in [0.1, 0.15) is 30.6 Å². The molecule has 0 aromatic heterocycles. The first-order chi connectivity index (χ1) is 9.61. The maximum Gasteiger partial charge on any atom is 0.164 e. The maximum absolute atomic E-state index is 12.1. The second-order valence-corrected chi connectivity index (χ2v) is 5.65. The minimum atomic E-state index is 0.178. The van der Waals surface area contributed by atoms with Gasteiger partial charge in [0.15, 0.2) is 5.78 Å². The Labute approximate surface area is 121 Å². The van der Waals surface area contributed by atoms with E-state index < -0.39 is 0 Å². The summed E-state index contributed by atoms with van der Waals surface area (Å²) in [6.07, 6.45) is 0.528. The van der Waals surface area contributed by atoms with E-state index in [1.165, 1.54) is 0 Å². The Kier molecular flexibility index (Phi) is 5.01. The Hall–Kier alpha value is -1.55. The molecular formula is C16H24N2O2. The third-order valence-electron chi connectivity index (χ3n) is 3.43. The van der Waals surface area contributed by atoms with E-state index in [1.807, 2.05) is 25.2 Å². The zero-order valence-corrected chi connectivity index (χ0v) is 12.6. The standard InChI is InChI=1S/C16H24N2O2/c1-12(2)11-18-8-9-20-16-5-4-13(10-14(16)18)15(19)6-7-17-3/h4-5,10,12,17H,6-9,11H2,1-3H3. The molecule has 1 aliphatic heterocycles. The predicted octanol–water partition coefficient (Wildman–Crippen LogP) is 2.33. The van der Waals surface area contributed by atoms with Gasteiger partial charge in [-0.3, -0.25) is 4.79 Å². The second-order valence-electron chi connectivity index (χ2n) is 5.65. The predicted molar refractivity (Wildman–Crippen MR) is 81.9 cm³/mol. The molecule has 110 valence electrons. The summed E-state index contributed by atoms with van der Waals surface area (Å²) in [7, 11) is 1.86. The molecule has 1 aromatic rings. The van der Waals surface area contributed by atoms with Crippen molar-refractivity contribution in [2.75, 3.05) is 38.2 Å². The molecule has 4 nitrogen and oxygen atoms in total. The van der Waals surface area contributed by atoms with Gasteiger partial charge in [-0.05, 0) is 31.2 Å². The normalized spacial score (nSPS) is 14.1. The minimum Gasteiger partial charge on any atom is -0.490 e. The van der Waals surface area contributed by atoms with Gasteiger partial charge in [-0.25, -0.2) is 0 Å². The van der Waals surface area contributed by atoms with Crippen LogP contribution in [0.5, 0.6) is 5.75 Å². The number of nitrogens with zero attached hydrogens (tertiary/aromatic N) is 1. The largest absolute Gasteiger partial charge is 0.490 e. The third kappa shape index (κ3) is 3.51. The monoisotopic (exact) mass is 276 g/mol. The molecule has 20 heavy (non-hydrogen) atoms. The average Bonchev–Trinajstić information content (AvgIpc) is 2.44. The summed E-state index contributed by atoms with van der Waals surface area (Å²) in [5, 5.41) is 3.01. The van der Waals surface area contributed by atoms with Crippen molar-refractivity contribution in [3.8, 4) is 5.75 Å². The Balaban J connectivity index is 2.21. The van der Waals surface area contributed by atoms with Crippen LogP contribution in [-0.4, -0.2) is 39.1 Å². The van der Waals surface area contributed by atoms with Crippen LogP contribution >= 0.6 is 0 Å². The van der Waals surface area contributed by atoms with E-state index in [0.717, 1.165) is 30.1 Å². The van der Waals surface area contributed by atoms with E-state index in [4.69, 9.17) is 4.74 Å². The molecule has 1 aliphatic rings. The number of ketones is 1. The van der Waals surface area contributed by atoms with Gasteiger partial charge in [0, 0.05) is 25.1 Å². The highest BCUT2D eigenvalue weighted by Crippen LogP contribution is 2.33. The van der Waals surface area contributed by atoms with Gasteiger partial charge in [-0.1, -0.05) is 13.8 Å². The zero-order chi connectivity index (χ0) is 14.5. The van der Waals surface area contributed by atoms with Gasteiger partial charge in [-0.2, -0.15) is 0 Å². The molecule has 0 aliphatic carbocycles. The van der Waals surface area contributed by atoms with E-state index in [9.17, 15) is 4.79 Å². The number of anilines is 1. The van der Waals surface area contributed by atoms with E-state index >= 15 is 0 Å². The Bertz CT molecular complexity index is 472. The Morgan fingerprint density at radius 3 is 2.95 bits per heavy atom. The van der Waals surface area contributed by atoms with Crippen molar-refractivity contribution in [1.29, 1.82) is 0 Å². The van der Waals surface area contributed by atoms with E-state index in [-0.39, 0.29) is 5.78 Å². The van der Waals surface area contributed by atoms with Crippen LogP contribution in [0.25, 0.3) is 0 Å². The van der Waals surface area contributed by atoms with E-state index in [1.54, 1.807) is 0 Å². The molecule has 1 aromatic carbocycles. The SMILES string of the molecule is CNCCC(=O)c1ccc2c(c1)N(CC(C)C)CCO2. The molecule has 1 N–H and O–H groups in total. The number of fused-ring (bicyclic) bond motifs is 1. The van der Waals surface area contributed by atoms with E-state index in [0.29, 0.717) is 25.5 Å². The van der Waals surface area contributed by atoms with Crippen molar-refractivity contribution < 1.29 is 9.53 Å². The van der Waals surface area contributed by atoms with Crippen LogP contribution in [-0.2, 0) is 0 Å². The number of carbonyl (C=O) groups excluding carboxylic acids is 1. The summed E-state index contributed by atoms with van der Waals surface area (Å²) >= 11 is 0. The summed E-state index contributed by atoms with van der Waals surface area (Å²) in [4.78, 5) is 14.4. The highest BCUT2D eigenvalue weighted by molar-refractivity contribution is 5.97. The lowest BCUT2D eigenvalue weighted by Gasteiger charge is -2.32. The zero-order valence-electron chi connectivity index (χ0n) is 12.6. The smallest absolute Gasteiger partial charge is 0.164 e. The highest BCUT2D eigenvalue weighted by Gasteiger charge is 2.20. The van der Waals surface area contributed by atoms with Crippen LogP contribution in [0.4, 0.5) is 5.69 Å². The molecule has 0 unspecified atom stereocenters. The molecule has 1 heterocycles. The van der Waals surface area contributed by atoms with Crippen LogP contribution in [0, 0.1) is 5.92 Å². The number of ether oxygens (including phenoxy) is 1. The molecule has 4 heteroatoms. The van der Waals surface area contributed by atoms with Gasteiger partial charge in [0.25, 0.3) is 0 Å².